The molecule has 1 saturated heterocycles. The zero-order chi connectivity index (χ0) is 18.5. The summed E-state index contributed by atoms with van der Waals surface area (Å²) >= 11 is 6.29. The molecule has 2 aromatic rings. The maximum atomic E-state index is 6.29. The second-order valence-corrected chi connectivity index (χ2v) is 6.96. The van der Waals surface area contributed by atoms with Crippen LogP contribution in [0.25, 0.3) is 0 Å². The van der Waals surface area contributed by atoms with Crippen molar-refractivity contribution in [2.45, 2.75) is 46.1 Å². The molecule has 0 amide bonds. The van der Waals surface area contributed by atoms with Crippen LogP contribution < -0.4 is 10.1 Å². The summed E-state index contributed by atoms with van der Waals surface area (Å²) in [4.78, 5) is 8.36. The molecular weight excluding hydrogens is 350 g/mol. The average Bonchev–Trinajstić information content (AvgIpc) is 3.47. The van der Waals surface area contributed by atoms with E-state index in [4.69, 9.17) is 21.1 Å². The normalized spacial score (nSPS) is 15.8. The van der Waals surface area contributed by atoms with E-state index in [0.717, 1.165) is 37.3 Å². The number of anilines is 1. The molecule has 1 N–H and O–H groups in total. The van der Waals surface area contributed by atoms with Gasteiger partial charge in [0, 0.05) is 0 Å². The van der Waals surface area contributed by atoms with E-state index in [9.17, 15) is 0 Å². The van der Waals surface area contributed by atoms with Crippen LogP contribution in [0.3, 0.4) is 0 Å². The highest BCUT2D eigenvalue weighted by atomic mass is 35.5. The minimum absolute atomic E-state index is 0.471. The number of aryl methyl sites for hydroxylation is 2. The Hall–Kier alpha value is -1.85. The van der Waals surface area contributed by atoms with Gasteiger partial charge in [-0.15, -0.1) is 0 Å². The molecule has 1 aliphatic heterocycles. The van der Waals surface area contributed by atoms with Crippen molar-refractivity contribution in [1.82, 2.24) is 9.97 Å². The van der Waals surface area contributed by atoms with E-state index in [1.807, 2.05) is 6.92 Å². The number of hydrogen-bond donors (Lipinski definition) is 1. The molecule has 26 heavy (non-hydrogen) atoms. The fourth-order valence-electron chi connectivity index (χ4n) is 2.94. The van der Waals surface area contributed by atoms with Gasteiger partial charge in [-0.2, -0.15) is 0 Å². The lowest BCUT2D eigenvalue weighted by Gasteiger charge is -2.15. The Balaban J connectivity index is 1.52. The predicted molar refractivity (Wildman–Crippen MR) is 104 cm³/mol. The van der Waals surface area contributed by atoms with E-state index >= 15 is 0 Å². The zero-order valence-corrected chi connectivity index (χ0v) is 16.4. The molecule has 5 nitrogen and oxygen atoms in total. The lowest BCUT2D eigenvalue weighted by atomic mass is 9.98. The van der Waals surface area contributed by atoms with Gasteiger partial charge in [-0.05, 0) is 55.9 Å². The molecular formula is C20H26ClN3O2. The molecule has 0 bridgehead atoms. The van der Waals surface area contributed by atoms with Crippen molar-refractivity contribution >= 4 is 17.4 Å². The second-order valence-electron chi connectivity index (χ2n) is 6.58. The van der Waals surface area contributed by atoms with E-state index in [1.165, 1.54) is 23.0 Å². The second kappa shape index (κ2) is 8.69. The molecule has 6 heteroatoms. The third kappa shape index (κ3) is 4.65. The standard InChI is InChI=1S/C20H26ClN3O2/c1-4-17-19(21)20(24-12-23-17)22-9-10-25-18-8-6-15(13(2)14(18)3)5-7-16-11-26-16/h6,8,12,16H,4-5,7,9-11H2,1-3H3,(H,22,23,24). The monoisotopic (exact) mass is 375 g/mol. The first-order valence-electron chi connectivity index (χ1n) is 9.16. The first kappa shape index (κ1) is 18.9. The Morgan fingerprint density at radius 2 is 2.08 bits per heavy atom. The van der Waals surface area contributed by atoms with E-state index < -0.39 is 0 Å². The van der Waals surface area contributed by atoms with Gasteiger partial charge in [0.05, 0.1) is 24.9 Å². The Kier molecular flexibility index (Phi) is 6.33. The SMILES string of the molecule is CCc1ncnc(NCCOc2ccc(CCC3CO3)c(C)c2C)c1Cl. The van der Waals surface area contributed by atoms with Crippen molar-refractivity contribution in [3.8, 4) is 5.75 Å². The molecule has 1 atom stereocenters. The number of aromatic nitrogens is 2. The van der Waals surface area contributed by atoms with Gasteiger partial charge in [-0.25, -0.2) is 9.97 Å². The Labute approximate surface area is 160 Å². The van der Waals surface area contributed by atoms with Crippen LogP contribution in [0, 0.1) is 13.8 Å². The summed E-state index contributed by atoms with van der Waals surface area (Å²) in [6.45, 7) is 8.38. The number of benzene rings is 1. The number of nitrogens with zero attached hydrogens (tertiary/aromatic N) is 2. The van der Waals surface area contributed by atoms with E-state index in [2.05, 4.69) is 41.3 Å². The fourth-order valence-corrected chi connectivity index (χ4v) is 3.23. The Morgan fingerprint density at radius 3 is 2.81 bits per heavy atom. The number of nitrogens with one attached hydrogen (secondary N) is 1. The van der Waals surface area contributed by atoms with Crippen LogP contribution in [0.5, 0.6) is 5.75 Å². The van der Waals surface area contributed by atoms with Crippen LogP contribution in [0.4, 0.5) is 5.82 Å². The number of epoxide rings is 1. The molecule has 1 aliphatic rings. The average molecular weight is 376 g/mol. The van der Waals surface area contributed by atoms with Crippen LogP contribution in [0.1, 0.15) is 35.7 Å². The van der Waals surface area contributed by atoms with Gasteiger partial charge in [0.25, 0.3) is 0 Å². The molecule has 0 radical (unpaired) electrons. The zero-order valence-electron chi connectivity index (χ0n) is 15.6. The number of hydrogen-bond acceptors (Lipinski definition) is 5. The minimum atomic E-state index is 0.471. The Morgan fingerprint density at radius 1 is 1.27 bits per heavy atom. The molecule has 2 heterocycles. The molecule has 0 saturated carbocycles. The molecule has 1 fully saturated rings. The van der Waals surface area contributed by atoms with Gasteiger partial charge in [0.15, 0.2) is 0 Å². The summed E-state index contributed by atoms with van der Waals surface area (Å²) < 4.78 is 11.3. The fraction of sp³-hybridized carbons (Fsp3) is 0.500. The largest absolute Gasteiger partial charge is 0.491 e. The lowest BCUT2D eigenvalue weighted by Crippen LogP contribution is -2.14. The summed E-state index contributed by atoms with van der Waals surface area (Å²) in [5.41, 5.74) is 4.74. The smallest absolute Gasteiger partial charge is 0.148 e. The van der Waals surface area contributed by atoms with E-state index in [1.54, 1.807) is 0 Å². The summed E-state index contributed by atoms with van der Waals surface area (Å²) in [5, 5.41) is 3.81. The van der Waals surface area contributed by atoms with Crippen LogP contribution in [0.2, 0.25) is 5.02 Å². The van der Waals surface area contributed by atoms with Gasteiger partial charge >= 0.3 is 0 Å². The van der Waals surface area contributed by atoms with Crippen LogP contribution in [-0.4, -0.2) is 35.8 Å². The highest BCUT2D eigenvalue weighted by Crippen LogP contribution is 2.27. The van der Waals surface area contributed by atoms with Gasteiger partial charge in [-0.3, -0.25) is 0 Å². The quantitative estimate of drug-likeness (QED) is 0.527. The summed E-state index contributed by atoms with van der Waals surface area (Å²) in [6.07, 6.45) is 4.95. The van der Waals surface area contributed by atoms with Crippen molar-refractivity contribution in [1.29, 1.82) is 0 Å². The highest BCUT2D eigenvalue weighted by molar-refractivity contribution is 6.33. The van der Waals surface area contributed by atoms with Crippen molar-refractivity contribution in [3.05, 3.63) is 45.9 Å². The third-order valence-electron chi connectivity index (χ3n) is 4.84. The molecule has 3 rings (SSSR count). The van der Waals surface area contributed by atoms with Crippen molar-refractivity contribution in [2.75, 3.05) is 25.1 Å². The maximum absolute atomic E-state index is 6.29. The van der Waals surface area contributed by atoms with Gasteiger partial charge in [0.1, 0.15) is 29.5 Å². The van der Waals surface area contributed by atoms with Crippen molar-refractivity contribution < 1.29 is 9.47 Å². The van der Waals surface area contributed by atoms with Crippen LogP contribution in [-0.2, 0) is 17.6 Å². The molecule has 0 aliphatic carbocycles. The number of rotatable bonds is 9. The van der Waals surface area contributed by atoms with Crippen molar-refractivity contribution in [2.24, 2.45) is 0 Å². The van der Waals surface area contributed by atoms with Crippen LogP contribution in [0.15, 0.2) is 18.5 Å². The Bertz CT molecular complexity index is 763. The molecule has 1 aromatic heterocycles. The van der Waals surface area contributed by atoms with Crippen LogP contribution >= 0.6 is 11.6 Å². The number of halogens is 1. The lowest BCUT2D eigenvalue weighted by molar-refractivity contribution is 0.330. The van der Waals surface area contributed by atoms with E-state index in [-0.39, 0.29) is 0 Å². The highest BCUT2D eigenvalue weighted by Gasteiger charge is 2.22. The molecule has 1 unspecified atom stereocenters. The predicted octanol–water partition coefficient (Wildman–Crippen LogP) is 4.13. The topological polar surface area (TPSA) is 59.6 Å². The van der Waals surface area contributed by atoms with E-state index in [0.29, 0.717) is 30.1 Å². The number of ether oxygens (including phenoxy) is 2. The molecule has 1 aromatic carbocycles. The summed E-state index contributed by atoms with van der Waals surface area (Å²) in [7, 11) is 0. The van der Waals surface area contributed by atoms with Gasteiger partial charge in [-0.1, -0.05) is 24.6 Å². The molecule has 0 spiro atoms. The minimum Gasteiger partial charge on any atom is -0.491 e. The third-order valence-corrected chi connectivity index (χ3v) is 5.23. The first-order chi connectivity index (χ1) is 12.6. The maximum Gasteiger partial charge on any atom is 0.148 e. The summed E-state index contributed by atoms with van der Waals surface area (Å²) in [5.74, 6) is 1.59. The molecule has 140 valence electrons. The first-order valence-corrected chi connectivity index (χ1v) is 9.54. The van der Waals surface area contributed by atoms with Crippen molar-refractivity contribution in [3.63, 3.8) is 0 Å². The summed E-state index contributed by atoms with van der Waals surface area (Å²) in [6, 6.07) is 4.24. The van der Waals surface area contributed by atoms with Gasteiger partial charge in [0.2, 0.25) is 0 Å². The van der Waals surface area contributed by atoms with Gasteiger partial charge < -0.3 is 14.8 Å².